The molecule has 2 N–H and O–H groups in total. The van der Waals surface area contributed by atoms with E-state index < -0.39 is 0 Å². The van der Waals surface area contributed by atoms with Gasteiger partial charge < -0.3 is 20.1 Å². The van der Waals surface area contributed by atoms with E-state index in [0.29, 0.717) is 12.5 Å². The molecule has 26 heavy (non-hydrogen) atoms. The number of hydrogen-bond donors (Lipinski definition) is 2. The largest absolute Gasteiger partial charge is 0.381 e. The maximum atomic E-state index is 13.3. The highest BCUT2D eigenvalue weighted by atomic mass is 19.1. The maximum absolute atomic E-state index is 13.3. The van der Waals surface area contributed by atoms with Crippen LogP contribution in [0.3, 0.4) is 0 Å². The summed E-state index contributed by atoms with van der Waals surface area (Å²) in [5.74, 6) is 1.12. The van der Waals surface area contributed by atoms with Crippen molar-refractivity contribution in [1.82, 2.24) is 15.5 Å². The van der Waals surface area contributed by atoms with E-state index in [0.717, 1.165) is 64.0 Å². The van der Waals surface area contributed by atoms with Crippen LogP contribution in [0.15, 0.2) is 29.3 Å². The van der Waals surface area contributed by atoms with E-state index in [1.807, 2.05) is 12.1 Å². The third kappa shape index (κ3) is 5.40. The van der Waals surface area contributed by atoms with Crippen molar-refractivity contribution in [3.8, 4) is 0 Å². The fourth-order valence-electron chi connectivity index (χ4n) is 3.43. The molecule has 7 heteroatoms. The van der Waals surface area contributed by atoms with E-state index in [9.17, 15) is 4.39 Å². The van der Waals surface area contributed by atoms with Crippen molar-refractivity contribution in [2.75, 3.05) is 59.7 Å². The second kappa shape index (κ2) is 9.85. The Kier molecular flexibility index (Phi) is 7.22. The predicted octanol–water partition coefficient (Wildman–Crippen LogP) is 1.40. The Balaban J connectivity index is 1.59. The third-order valence-corrected chi connectivity index (χ3v) is 5.01. The summed E-state index contributed by atoms with van der Waals surface area (Å²) >= 11 is 0. The van der Waals surface area contributed by atoms with Crippen molar-refractivity contribution in [3.05, 3.63) is 35.6 Å². The van der Waals surface area contributed by atoms with E-state index in [4.69, 9.17) is 9.47 Å². The fourth-order valence-corrected chi connectivity index (χ4v) is 3.43. The Morgan fingerprint density at radius 1 is 1.19 bits per heavy atom. The summed E-state index contributed by atoms with van der Waals surface area (Å²) in [6.45, 7) is 6.42. The van der Waals surface area contributed by atoms with Gasteiger partial charge in [-0.3, -0.25) is 9.89 Å². The first kappa shape index (κ1) is 19.1. The van der Waals surface area contributed by atoms with Crippen molar-refractivity contribution in [2.24, 2.45) is 10.9 Å². The average Bonchev–Trinajstić information content (AvgIpc) is 3.20. The highest BCUT2D eigenvalue weighted by Crippen LogP contribution is 2.21. The molecule has 2 heterocycles. The van der Waals surface area contributed by atoms with Crippen LogP contribution in [0.25, 0.3) is 0 Å². The maximum Gasteiger partial charge on any atom is 0.191 e. The number of benzene rings is 1. The summed E-state index contributed by atoms with van der Waals surface area (Å²) in [7, 11) is 1.78. The van der Waals surface area contributed by atoms with Gasteiger partial charge in [-0.25, -0.2) is 4.39 Å². The van der Waals surface area contributed by atoms with Crippen LogP contribution >= 0.6 is 0 Å². The summed E-state index contributed by atoms with van der Waals surface area (Å²) in [4.78, 5) is 6.70. The Labute approximate surface area is 154 Å². The Bertz CT molecular complexity index is 569. The van der Waals surface area contributed by atoms with E-state index in [1.54, 1.807) is 7.05 Å². The van der Waals surface area contributed by atoms with Crippen LogP contribution in [0.2, 0.25) is 0 Å². The molecular formula is C19H29FN4O2. The number of aliphatic imine (C=N–C) groups is 1. The Hall–Kier alpha value is -1.70. The van der Waals surface area contributed by atoms with Crippen molar-refractivity contribution >= 4 is 5.96 Å². The summed E-state index contributed by atoms with van der Waals surface area (Å²) in [5, 5.41) is 6.81. The average molecular weight is 364 g/mol. The first-order valence-electron chi connectivity index (χ1n) is 9.36. The van der Waals surface area contributed by atoms with Crippen LogP contribution in [-0.4, -0.2) is 70.5 Å². The van der Waals surface area contributed by atoms with Crippen molar-refractivity contribution < 1.29 is 13.9 Å². The normalized spacial score (nSPS) is 23.0. The summed E-state index contributed by atoms with van der Waals surface area (Å²) in [6.07, 6.45) is 1.09. The number of ether oxygens (including phenoxy) is 2. The predicted molar refractivity (Wildman–Crippen MR) is 99.8 cm³/mol. The molecular weight excluding hydrogens is 335 g/mol. The highest BCUT2D eigenvalue weighted by molar-refractivity contribution is 5.79. The molecule has 2 unspecified atom stereocenters. The van der Waals surface area contributed by atoms with Gasteiger partial charge in [0.05, 0.1) is 25.9 Å². The summed E-state index contributed by atoms with van der Waals surface area (Å²) in [6, 6.07) is 6.92. The monoisotopic (exact) mass is 364 g/mol. The van der Waals surface area contributed by atoms with Gasteiger partial charge in [0.15, 0.2) is 5.96 Å². The lowest BCUT2D eigenvalue weighted by atomic mass is 10.0. The molecule has 2 fully saturated rings. The lowest BCUT2D eigenvalue weighted by Crippen LogP contribution is -2.47. The smallest absolute Gasteiger partial charge is 0.191 e. The number of rotatable bonds is 6. The van der Waals surface area contributed by atoms with Crippen LogP contribution in [-0.2, 0) is 9.47 Å². The SMILES string of the molecule is CN=C(NCC1CCOC1)NCC(c1ccc(F)cc1)N1CCOCC1. The second-order valence-corrected chi connectivity index (χ2v) is 6.78. The minimum atomic E-state index is -0.210. The van der Waals surface area contributed by atoms with Gasteiger partial charge in [0.1, 0.15) is 5.82 Å². The molecule has 2 aliphatic rings. The summed E-state index contributed by atoms with van der Waals surface area (Å²) in [5.41, 5.74) is 1.10. The lowest BCUT2D eigenvalue weighted by molar-refractivity contribution is 0.0170. The molecule has 0 aliphatic carbocycles. The van der Waals surface area contributed by atoms with Crippen LogP contribution in [0.4, 0.5) is 4.39 Å². The Morgan fingerprint density at radius 2 is 1.96 bits per heavy atom. The quantitative estimate of drug-likeness (QED) is 0.590. The number of guanidine groups is 1. The zero-order valence-electron chi connectivity index (χ0n) is 15.4. The van der Waals surface area contributed by atoms with Gasteiger partial charge in [0.2, 0.25) is 0 Å². The molecule has 144 valence electrons. The molecule has 0 radical (unpaired) electrons. The van der Waals surface area contributed by atoms with E-state index in [-0.39, 0.29) is 11.9 Å². The van der Waals surface area contributed by atoms with E-state index in [1.165, 1.54) is 12.1 Å². The number of nitrogens with one attached hydrogen (secondary N) is 2. The molecule has 0 spiro atoms. The molecule has 2 atom stereocenters. The standard InChI is InChI=1S/C19H29FN4O2/c1-21-19(22-12-15-6-9-26-14-15)23-13-18(24-7-10-25-11-8-24)16-2-4-17(20)5-3-16/h2-5,15,18H,6-14H2,1H3,(H2,21,22,23). The third-order valence-electron chi connectivity index (χ3n) is 5.01. The van der Waals surface area contributed by atoms with Gasteiger partial charge in [-0.05, 0) is 24.1 Å². The van der Waals surface area contributed by atoms with Crippen LogP contribution in [0.1, 0.15) is 18.0 Å². The zero-order chi connectivity index (χ0) is 18.2. The lowest BCUT2D eigenvalue weighted by Gasteiger charge is -2.35. The van der Waals surface area contributed by atoms with Gasteiger partial charge in [-0.15, -0.1) is 0 Å². The molecule has 0 saturated carbocycles. The molecule has 0 amide bonds. The van der Waals surface area contributed by atoms with Gasteiger partial charge in [0.25, 0.3) is 0 Å². The second-order valence-electron chi connectivity index (χ2n) is 6.78. The molecule has 0 aromatic heterocycles. The molecule has 2 saturated heterocycles. The van der Waals surface area contributed by atoms with Crippen molar-refractivity contribution in [1.29, 1.82) is 0 Å². The molecule has 6 nitrogen and oxygen atoms in total. The first-order chi connectivity index (χ1) is 12.8. The molecule has 1 aromatic rings. The first-order valence-corrected chi connectivity index (χ1v) is 9.36. The summed E-state index contributed by atoms with van der Waals surface area (Å²) < 4.78 is 24.2. The van der Waals surface area contributed by atoms with Crippen molar-refractivity contribution in [3.63, 3.8) is 0 Å². The molecule has 1 aromatic carbocycles. The van der Waals surface area contributed by atoms with E-state index >= 15 is 0 Å². The topological polar surface area (TPSA) is 58.1 Å². The number of nitrogens with zero attached hydrogens (tertiary/aromatic N) is 2. The minimum absolute atomic E-state index is 0.146. The minimum Gasteiger partial charge on any atom is -0.381 e. The molecule has 3 rings (SSSR count). The van der Waals surface area contributed by atoms with E-state index in [2.05, 4.69) is 20.5 Å². The van der Waals surface area contributed by atoms with Crippen molar-refractivity contribution in [2.45, 2.75) is 12.5 Å². The molecule has 0 bridgehead atoms. The fraction of sp³-hybridized carbons (Fsp3) is 0.632. The van der Waals surface area contributed by atoms with Gasteiger partial charge in [0, 0.05) is 45.8 Å². The number of morpholine rings is 1. The van der Waals surface area contributed by atoms with Gasteiger partial charge >= 0.3 is 0 Å². The van der Waals surface area contributed by atoms with Crippen LogP contribution in [0.5, 0.6) is 0 Å². The zero-order valence-corrected chi connectivity index (χ0v) is 15.4. The number of hydrogen-bond acceptors (Lipinski definition) is 4. The van der Waals surface area contributed by atoms with Gasteiger partial charge in [-0.1, -0.05) is 12.1 Å². The number of halogens is 1. The van der Waals surface area contributed by atoms with Crippen LogP contribution in [0, 0.1) is 11.7 Å². The molecule has 2 aliphatic heterocycles. The van der Waals surface area contributed by atoms with Gasteiger partial charge in [-0.2, -0.15) is 0 Å². The Morgan fingerprint density at radius 3 is 2.62 bits per heavy atom. The van der Waals surface area contributed by atoms with Crippen LogP contribution < -0.4 is 10.6 Å². The highest BCUT2D eigenvalue weighted by Gasteiger charge is 2.23.